The van der Waals surface area contributed by atoms with Crippen molar-refractivity contribution in [3.05, 3.63) is 66.4 Å². The van der Waals surface area contributed by atoms with E-state index in [-0.39, 0.29) is 5.57 Å². The zero-order chi connectivity index (χ0) is 18.1. The number of nitriles is 1. The van der Waals surface area contributed by atoms with Gasteiger partial charge < -0.3 is 20.5 Å². The van der Waals surface area contributed by atoms with Gasteiger partial charge in [-0.15, -0.1) is 0 Å². The molecule has 7 nitrogen and oxygen atoms in total. The fourth-order valence-corrected chi connectivity index (χ4v) is 1.80. The van der Waals surface area contributed by atoms with Crippen LogP contribution in [0.4, 0.5) is 5.69 Å². The molecule has 2 aromatic carbocycles. The van der Waals surface area contributed by atoms with E-state index in [9.17, 15) is 9.59 Å². The number of nitrogens with zero attached hydrogens (tertiary/aromatic N) is 1. The van der Waals surface area contributed by atoms with Crippen LogP contribution in [-0.2, 0) is 9.59 Å². The number of carbonyl (C=O) groups is 2. The number of aliphatic carboxylic acids is 1. The lowest BCUT2D eigenvalue weighted by molar-refractivity contribution is -0.137. The van der Waals surface area contributed by atoms with Gasteiger partial charge in [0.15, 0.2) is 0 Å². The lowest BCUT2D eigenvalue weighted by Crippen LogP contribution is -2.30. The fraction of sp³-hybridized carbons (Fsp3) is 0.0556. The van der Waals surface area contributed by atoms with Crippen molar-refractivity contribution >= 4 is 17.6 Å². The standard InChI is InChI=1S/C18H15N3O4/c19-10-13(18(24)21-12-17(22)23)11-20-14-6-8-16(9-7-14)25-15-4-2-1-3-5-15/h1-9,11,20H,12H2,(H,21,24)(H,22,23)/b13-11-. The molecule has 0 radical (unpaired) electrons. The molecule has 0 saturated carbocycles. The molecule has 126 valence electrons. The zero-order valence-electron chi connectivity index (χ0n) is 13.1. The van der Waals surface area contributed by atoms with Crippen LogP contribution in [0, 0.1) is 11.3 Å². The number of nitrogens with one attached hydrogen (secondary N) is 2. The van der Waals surface area contributed by atoms with Crippen LogP contribution in [0.25, 0.3) is 0 Å². The van der Waals surface area contributed by atoms with E-state index in [1.54, 1.807) is 30.3 Å². The first-order valence-corrected chi connectivity index (χ1v) is 7.28. The van der Waals surface area contributed by atoms with E-state index < -0.39 is 18.4 Å². The maximum Gasteiger partial charge on any atom is 0.322 e. The summed E-state index contributed by atoms with van der Waals surface area (Å²) in [6.07, 6.45) is 1.21. The number of carbonyl (C=O) groups excluding carboxylic acids is 1. The molecule has 0 aliphatic rings. The second-order valence-corrected chi connectivity index (χ2v) is 4.83. The predicted octanol–water partition coefficient (Wildman–Crippen LogP) is 2.50. The van der Waals surface area contributed by atoms with Crippen molar-refractivity contribution in [1.29, 1.82) is 5.26 Å². The molecule has 7 heteroatoms. The Hall–Kier alpha value is -3.79. The summed E-state index contributed by atoms with van der Waals surface area (Å²) < 4.78 is 5.66. The molecule has 25 heavy (non-hydrogen) atoms. The molecule has 0 aliphatic carbocycles. The number of carboxylic acid groups (broad SMARTS) is 1. The number of hydrogen-bond donors (Lipinski definition) is 3. The van der Waals surface area contributed by atoms with Crippen molar-refractivity contribution in [3.63, 3.8) is 0 Å². The van der Waals surface area contributed by atoms with E-state index in [2.05, 4.69) is 10.6 Å². The molecule has 0 bridgehead atoms. The molecule has 1 amide bonds. The maximum atomic E-state index is 11.6. The highest BCUT2D eigenvalue weighted by Crippen LogP contribution is 2.22. The van der Waals surface area contributed by atoms with E-state index in [0.717, 1.165) is 0 Å². The molecule has 0 saturated heterocycles. The SMILES string of the molecule is N#C/C(=C/Nc1ccc(Oc2ccccc2)cc1)C(=O)NCC(=O)O. The molecule has 2 rings (SSSR count). The summed E-state index contributed by atoms with van der Waals surface area (Å²) in [6, 6.07) is 17.9. The molecule has 3 N–H and O–H groups in total. The number of amides is 1. The Morgan fingerprint density at radius 1 is 1.08 bits per heavy atom. The van der Waals surface area contributed by atoms with Gasteiger partial charge in [0.2, 0.25) is 0 Å². The Bertz CT molecular complexity index is 808. The highest BCUT2D eigenvalue weighted by atomic mass is 16.5. The normalized spacial score (nSPS) is 10.4. The quantitative estimate of drug-likeness (QED) is 0.529. The fourth-order valence-electron chi connectivity index (χ4n) is 1.80. The van der Waals surface area contributed by atoms with Gasteiger partial charge in [-0.1, -0.05) is 18.2 Å². The number of para-hydroxylation sites is 1. The van der Waals surface area contributed by atoms with Gasteiger partial charge in [-0.2, -0.15) is 5.26 Å². The van der Waals surface area contributed by atoms with Gasteiger partial charge in [0.25, 0.3) is 5.91 Å². The molecule has 0 unspecified atom stereocenters. The largest absolute Gasteiger partial charge is 0.480 e. The second kappa shape index (κ2) is 8.74. The van der Waals surface area contributed by atoms with Gasteiger partial charge in [-0.05, 0) is 36.4 Å². The minimum atomic E-state index is -1.19. The molecule has 0 aliphatic heterocycles. The summed E-state index contributed by atoms with van der Waals surface area (Å²) >= 11 is 0. The lowest BCUT2D eigenvalue weighted by atomic mass is 10.2. The molecular formula is C18H15N3O4. The van der Waals surface area contributed by atoms with Gasteiger partial charge in [0.05, 0.1) is 0 Å². The highest BCUT2D eigenvalue weighted by molar-refractivity contribution is 5.98. The molecule has 0 atom stereocenters. The highest BCUT2D eigenvalue weighted by Gasteiger charge is 2.09. The molecule has 2 aromatic rings. The van der Waals surface area contributed by atoms with Crippen LogP contribution in [0.1, 0.15) is 0 Å². The van der Waals surface area contributed by atoms with E-state index >= 15 is 0 Å². The summed E-state index contributed by atoms with van der Waals surface area (Å²) in [5.74, 6) is -0.598. The number of anilines is 1. The third-order valence-electron chi connectivity index (χ3n) is 2.98. The van der Waals surface area contributed by atoms with Crippen LogP contribution >= 0.6 is 0 Å². The minimum Gasteiger partial charge on any atom is -0.480 e. The number of rotatable bonds is 7. The van der Waals surface area contributed by atoms with E-state index in [4.69, 9.17) is 15.1 Å². The average molecular weight is 337 g/mol. The molecule has 0 spiro atoms. The number of benzene rings is 2. The van der Waals surface area contributed by atoms with Gasteiger partial charge in [0.1, 0.15) is 29.7 Å². The Balaban J connectivity index is 1.96. The summed E-state index contributed by atoms with van der Waals surface area (Å²) in [6.45, 7) is -0.552. The lowest BCUT2D eigenvalue weighted by Gasteiger charge is -2.07. The third kappa shape index (κ3) is 5.73. The van der Waals surface area contributed by atoms with Crippen molar-refractivity contribution in [1.82, 2.24) is 5.32 Å². The Morgan fingerprint density at radius 2 is 1.72 bits per heavy atom. The maximum absolute atomic E-state index is 11.6. The Kier molecular flexibility index (Phi) is 6.14. The predicted molar refractivity (Wildman–Crippen MR) is 90.9 cm³/mol. The summed E-state index contributed by atoms with van der Waals surface area (Å²) in [5, 5.41) is 22.4. The van der Waals surface area contributed by atoms with Crippen LogP contribution in [0.2, 0.25) is 0 Å². The smallest absolute Gasteiger partial charge is 0.322 e. The monoisotopic (exact) mass is 337 g/mol. The van der Waals surface area contributed by atoms with Gasteiger partial charge in [-0.25, -0.2) is 0 Å². The molecule has 0 heterocycles. The van der Waals surface area contributed by atoms with Crippen molar-refractivity contribution in [2.75, 3.05) is 11.9 Å². The number of carboxylic acids is 1. The number of hydrogen-bond acceptors (Lipinski definition) is 5. The zero-order valence-corrected chi connectivity index (χ0v) is 13.1. The first kappa shape index (κ1) is 17.6. The van der Waals surface area contributed by atoms with Crippen molar-refractivity contribution in [2.45, 2.75) is 0 Å². The minimum absolute atomic E-state index is 0.231. The van der Waals surface area contributed by atoms with Gasteiger partial charge >= 0.3 is 5.97 Å². The third-order valence-corrected chi connectivity index (χ3v) is 2.98. The molecule has 0 fully saturated rings. The summed E-state index contributed by atoms with van der Waals surface area (Å²) in [5.41, 5.74) is 0.407. The van der Waals surface area contributed by atoms with Crippen LogP contribution in [0.15, 0.2) is 66.4 Å². The van der Waals surface area contributed by atoms with E-state index in [0.29, 0.717) is 17.2 Å². The van der Waals surface area contributed by atoms with Crippen molar-refractivity contribution < 1.29 is 19.4 Å². The topological polar surface area (TPSA) is 111 Å². The Morgan fingerprint density at radius 3 is 2.32 bits per heavy atom. The summed E-state index contributed by atoms with van der Waals surface area (Å²) in [4.78, 5) is 22.0. The number of ether oxygens (including phenoxy) is 1. The van der Waals surface area contributed by atoms with E-state index in [1.165, 1.54) is 6.20 Å². The first-order valence-electron chi connectivity index (χ1n) is 7.28. The van der Waals surface area contributed by atoms with Crippen molar-refractivity contribution in [2.24, 2.45) is 0 Å². The molecular weight excluding hydrogens is 322 g/mol. The Labute approximate surface area is 144 Å². The van der Waals surface area contributed by atoms with Gasteiger partial charge in [-0.3, -0.25) is 9.59 Å². The average Bonchev–Trinajstić information content (AvgIpc) is 2.62. The van der Waals surface area contributed by atoms with Crippen molar-refractivity contribution in [3.8, 4) is 17.6 Å². The van der Waals surface area contributed by atoms with Crippen LogP contribution in [0.5, 0.6) is 11.5 Å². The van der Waals surface area contributed by atoms with Gasteiger partial charge in [0, 0.05) is 11.9 Å². The molecule has 0 aromatic heterocycles. The summed E-state index contributed by atoms with van der Waals surface area (Å²) in [7, 11) is 0. The first-order chi connectivity index (χ1) is 12.1. The second-order valence-electron chi connectivity index (χ2n) is 4.83. The van der Waals surface area contributed by atoms with Crippen LogP contribution in [0.3, 0.4) is 0 Å². The van der Waals surface area contributed by atoms with Crippen LogP contribution in [-0.4, -0.2) is 23.5 Å². The van der Waals surface area contributed by atoms with Crippen LogP contribution < -0.4 is 15.4 Å². The van der Waals surface area contributed by atoms with E-state index in [1.807, 2.05) is 30.3 Å².